The van der Waals surface area contributed by atoms with Crippen molar-refractivity contribution in [1.82, 2.24) is 4.40 Å². The Hall–Kier alpha value is -6.12. The van der Waals surface area contributed by atoms with Crippen molar-refractivity contribution in [3.63, 3.8) is 0 Å². The molecule has 0 atom stereocenters. The summed E-state index contributed by atoms with van der Waals surface area (Å²) in [5, 5.41) is 10.2. The van der Waals surface area contributed by atoms with E-state index in [4.69, 9.17) is 0 Å². The predicted octanol–water partition coefficient (Wildman–Crippen LogP) is 12.9. The van der Waals surface area contributed by atoms with Gasteiger partial charge in [-0.1, -0.05) is 135 Å². The average Bonchev–Trinajstić information content (AvgIpc) is 3.75. The third-order valence-corrected chi connectivity index (χ3v) is 11.3. The molecule has 0 unspecified atom stereocenters. The van der Waals surface area contributed by atoms with Gasteiger partial charge in [0.15, 0.2) is 0 Å². The zero-order chi connectivity index (χ0) is 32.4. The van der Waals surface area contributed by atoms with Crippen LogP contribution in [0.2, 0.25) is 0 Å². The van der Waals surface area contributed by atoms with Crippen molar-refractivity contribution in [3.8, 4) is 11.1 Å². The molecule has 10 aromatic rings. The first-order chi connectivity index (χ1) is 24.1. The van der Waals surface area contributed by atoms with Crippen LogP contribution >= 0.6 is 0 Å². The van der Waals surface area contributed by atoms with Gasteiger partial charge in [0.05, 0.1) is 22.2 Å². The molecule has 0 spiro atoms. The fraction of sp³-hybridized carbons (Fsp3) is 0.0638. The van der Waals surface area contributed by atoms with Crippen LogP contribution in [0.25, 0.3) is 70.8 Å². The Morgan fingerprint density at radius 2 is 1.10 bits per heavy atom. The van der Waals surface area contributed by atoms with E-state index in [1.807, 2.05) is 0 Å². The standard InChI is InChI=1S/C47H32N2/c1-47(2)40-20-9-7-14-33(40)34-25-24-32(27-41(34)47)48(31-23-22-29-12-3-4-13-30(29)26-31)43-28-44-45(37-17-6-5-15-35(37)43)39-19-11-18-38-36-16-8-10-21-42(36)49(44)46(38)39/h3-28H,1-2H3. The van der Waals surface area contributed by atoms with Gasteiger partial charge in [0.2, 0.25) is 0 Å². The summed E-state index contributed by atoms with van der Waals surface area (Å²) in [5.41, 5.74) is 12.6. The van der Waals surface area contributed by atoms with E-state index in [2.05, 4.69) is 181 Å². The minimum atomic E-state index is -0.103. The maximum absolute atomic E-state index is 2.51. The van der Waals surface area contributed by atoms with Crippen molar-refractivity contribution in [3.05, 3.63) is 169 Å². The zero-order valence-electron chi connectivity index (χ0n) is 27.4. The van der Waals surface area contributed by atoms with Crippen LogP contribution in [0.4, 0.5) is 17.1 Å². The lowest BCUT2D eigenvalue weighted by molar-refractivity contribution is 0.660. The maximum atomic E-state index is 2.51. The summed E-state index contributed by atoms with van der Waals surface area (Å²) in [5.74, 6) is 0. The number of hydrogen-bond donors (Lipinski definition) is 0. The fourth-order valence-corrected chi connectivity index (χ4v) is 9.03. The van der Waals surface area contributed by atoms with E-state index in [9.17, 15) is 0 Å². The summed E-state index contributed by atoms with van der Waals surface area (Å²) in [6, 6.07) is 58.7. The number of anilines is 3. The monoisotopic (exact) mass is 624 g/mol. The summed E-state index contributed by atoms with van der Waals surface area (Å²) in [6.45, 7) is 4.73. The minimum absolute atomic E-state index is 0.103. The summed E-state index contributed by atoms with van der Waals surface area (Å²) < 4.78 is 2.51. The molecular weight excluding hydrogens is 593 g/mol. The first kappa shape index (κ1) is 26.9. The molecule has 11 rings (SSSR count). The Kier molecular flexibility index (Phi) is 5.21. The molecule has 49 heavy (non-hydrogen) atoms. The van der Waals surface area contributed by atoms with Crippen molar-refractivity contribution < 1.29 is 0 Å². The Labute approximate surface area is 284 Å². The van der Waals surface area contributed by atoms with Gasteiger partial charge in [0.1, 0.15) is 0 Å². The molecule has 0 saturated heterocycles. The summed E-state index contributed by atoms with van der Waals surface area (Å²) in [7, 11) is 0. The van der Waals surface area contributed by atoms with E-state index >= 15 is 0 Å². The molecule has 0 aliphatic heterocycles. The number of rotatable bonds is 3. The van der Waals surface area contributed by atoms with E-state index < -0.39 is 0 Å². The summed E-state index contributed by atoms with van der Waals surface area (Å²) >= 11 is 0. The van der Waals surface area contributed by atoms with Gasteiger partial charge in [-0.05, 0) is 74.8 Å². The fourth-order valence-electron chi connectivity index (χ4n) is 9.03. The Morgan fingerprint density at radius 3 is 2.00 bits per heavy atom. The first-order valence-corrected chi connectivity index (χ1v) is 17.2. The number of benzene rings is 8. The van der Waals surface area contributed by atoms with Gasteiger partial charge < -0.3 is 9.30 Å². The van der Waals surface area contributed by atoms with E-state index in [1.165, 1.54) is 87.6 Å². The minimum Gasteiger partial charge on any atom is -0.310 e. The third kappa shape index (κ3) is 3.50. The Bertz CT molecular complexity index is 2970. The number of hydrogen-bond acceptors (Lipinski definition) is 1. The second-order valence-corrected chi connectivity index (χ2v) is 14.2. The molecule has 2 heteroatoms. The van der Waals surface area contributed by atoms with Gasteiger partial charge in [-0.3, -0.25) is 0 Å². The number of aromatic nitrogens is 1. The van der Waals surface area contributed by atoms with Crippen molar-refractivity contribution in [2.45, 2.75) is 19.3 Å². The highest BCUT2D eigenvalue weighted by Gasteiger charge is 2.36. The van der Waals surface area contributed by atoms with Crippen molar-refractivity contribution in [1.29, 1.82) is 0 Å². The molecule has 0 amide bonds. The second-order valence-electron chi connectivity index (χ2n) is 14.2. The van der Waals surface area contributed by atoms with Crippen LogP contribution in [0, 0.1) is 0 Å². The zero-order valence-corrected chi connectivity index (χ0v) is 27.4. The van der Waals surface area contributed by atoms with Crippen molar-refractivity contribution >= 4 is 76.7 Å². The molecule has 2 nitrogen and oxygen atoms in total. The molecule has 1 aliphatic carbocycles. The van der Waals surface area contributed by atoms with Crippen LogP contribution in [0.15, 0.2) is 158 Å². The lowest BCUT2D eigenvalue weighted by Gasteiger charge is -2.29. The largest absolute Gasteiger partial charge is 0.310 e. The normalized spacial score (nSPS) is 13.7. The van der Waals surface area contributed by atoms with Gasteiger partial charge in [-0.15, -0.1) is 0 Å². The predicted molar refractivity (Wildman–Crippen MR) is 208 cm³/mol. The molecule has 8 aromatic carbocycles. The average molecular weight is 625 g/mol. The first-order valence-electron chi connectivity index (χ1n) is 17.2. The molecule has 2 aromatic heterocycles. The Morgan fingerprint density at radius 1 is 0.449 bits per heavy atom. The van der Waals surface area contributed by atoms with Gasteiger partial charge in [-0.25, -0.2) is 0 Å². The quantitative estimate of drug-likeness (QED) is 0.190. The van der Waals surface area contributed by atoms with Crippen LogP contribution in [0.1, 0.15) is 25.0 Å². The number of para-hydroxylation sites is 2. The lowest BCUT2D eigenvalue weighted by Crippen LogP contribution is -2.16. The summed E-state index contributed by atoms with van der Waals surface area (Å²) in [4.78, 5) is 2.50. The number of fused-ring (bicyclic) bond motifs is 12. The maximum Gasteiger partial charge on any atom is 0.0620 e. The van der Waals surface area contributed by atoms with Crippen molar-refractivity contribution in [2.24, 2.45) is 0 Å². The molecule has 0 radical (unpaired) electrons. The van der Waals surface area contributed by atoms with Crippen molar-refractivity contribution in [2.75, 3.05) is 4.90 Å². The van der Waals surface area contributed by atoms with Gasteiger partial charge in [0.25, 0.3) is 0 Å². The lowest BCUT2D eigenvalue weighted by atomic mass is 9.82. The van der Waals surface area contributed by atoms with E-state index in [1.54, 1.807) is 0 Å². The smallest absolute Gasteiger partial charge is 0.0620 e. The molecule has 0 saturated carbocycles. The van der Waals surface area contributed by atoms with E-state index in [0.717, 1.165) is 11.4 Å². The summed E-state index contributed by atoms with van der Waals surface area (Å²) in [6.07, 6.45) is 0. The van der Waals surface area contributed by atoms with Crippen LogP contribution < -0.4 is 4.90 Å². The van der Waals surface area contributed by atoms with Gasteiger partial charge >= 0.3 is 0 Å². The van der Waals surface area contributed by atoms with Crippen LogP contribution in [-0.4, -0.2) is 4.40 Å². The molecule has 2 heterocycles. The van der Waals surface area contributed by atoms with E-state index in [0.29, 0.717) is 0 Å². The third-order valence-electron chi connectivity index (χ3n) is 11.3. The van der Waals surface area contributed by atoms with Crippen LogP contribution in [0.5, 0.6) is 0 Å². The number of nitrogens with zero attached hydrogens (tertiary/aromatic N) is 2. The molecule has 0 N–H and O–H groups in total. The van der Waals surface area contributed by atoms with Gasteiger partial charge in [-0.2, -0.15) is 0 Å². The van der Waals surface area contributed by atoms with Gasteiger partial charge in [0, 0.05) is 43.7 Å². The SMILES string of the molecule is CC1(C)c2ccccc2-c2ccc(N(c3ccc4ccccc4c3)c3cc4c(c5ccccc35)c3cccc5c6ccccc6n4c53)cc21. The highest BCUT2D eigenvalue weighted by atomic mass is 15.1. The molecular formula is C47H32N2. The molecule has 230 valence electrons. The highest BCUT2D eigenvalue weighted by Crippen LogP contribution is 2.52. The van der Waals surface area contributed by atoms with E-state index in [-0.39, 0.29) is 5.41 Å². The molecule has 0 bridgehead atoms. The van der Waals surface area contributed by atoms with Crippen LogP contribution in [-0.2, 0) is 5.41 Å². The Balaban J connectivity index is 1.27. The second kappa shape index (κ2) is 9.49. The highest BCUT2D eigenvalue weighted by molar-refractivity contribution is 6.30. The molecule has 0 fully saturated rings. The molecule has 1 aliphatic rings. The van der Waals surface area contributed by atoms with Crippen LogP contribution in [0.3, 0.4) is 0 Å². The topological polar surface area (TPSA) is 7.65 Å².